The molecule has 1 N–H and O–H groups in total. The molecule has 1 aliphatic rings. The van der Waals surface area contributed by atoms with E-state index < -0.39 is 17.7 Å². The highest BCUT2D eigenvalue weighted by molar-refractivity contribution is 8.00. The molecule has 0 bridgehead atoms. The van der Waals surface area contributed by atoms with Crippen LogP contribution in [0.5, 0.6) is 5.75 Å². The molecule has 41 heavy (non-hydrogen) atoms. The predicted octanol–water partition coefficient (Wildman–Crippen LogP) is 7.01. The van der Waals surface area contributed by atoms with Crippen molar-refractivity contribution in [2.24, 2.45) is 0 Å². The zero-order valence-electron chi connectivity index (χ0n) is 22.1. The summed E-state index contributed by atoms with van der Waals surface area (Å²) < 4.78 is 6.36. The molecule has 7 nitrogen and oxygen atoms in total. The molecule has 1 unspecified atom stereocenters. The summed E-state index contributed by atoms with van der Waals surface area (Å²) in [5, 5.41) is 22.6. The number of aliphatic hydroxyl groups excluding tert-OH is 1. The van der Waals surface area contributed by atoms with Gasteiger partial charge in [-0.15, -0.1) is 10.2 Å². The minimum Gasteiger partial charge on any atom is -0.507 e. The lowest BCUT2D eigenvalue weighted by Gasteiger charge is -2.23. The van der Waals surface area contributed by atoms with Gasteiger partial charge in [0.2, 0.25) is 5.13 Å². The van der Waals surface area contributed by atoms with Gasteiger partial charge in [-0.05, 0) is 41.0 Å². The number of hydrogen-bond donors (Lipinski definition) is 1. The van der Waals surface area contributed by atoms with Crippen LogP contribution in [-0.4, -0.2) is 33.6 Å². The number of hydrogen-bond acceptors (Lipinski definition) is 8. The number of ether oxygens (including phenoxy) is 1. The Kier molecular flexibility index (Phi) is 7.54. The van der Waals surface area contributed by atoms with Crippen molar-refractivity contribution in [3.8, 4) is 5.75 Å². The lowest BCUT2D eigenvalue weighted by molar-refractivity contribution is -0.132. The highest BCUT2D eigenvalue weighted by Crippen LogP contribution is 2.44. The molecule has 0 aliphatic carbocycles. The molecule has 1 fully saturated rings. The molecule has 1 aliphatic heterocycles. The van der Waals surface area contributed by atoms with Gasteiger partial charge in [0.05, 0.1) is 18.2 Å². The first-order valence-electron chi connectivity index (χ1n) is 13.1. The second-order valence-corrected chi connectivity index (χ2v) is 11.5. The first kappa shape index (κ1) is 26.7. The Morgan fingerprint density at radius 1 is 0.951 bits per heavy atom. The number of rotatable bonds is 8. The number of carbonyl (C=O) groups is 2. The van der Waals surface area contributed by atoms with E-state index in [9.17, 15) is 14.7 Å². The van der Waals surface area contributed by atoms with Gasteiger partial charge < -0.3 is 9.84 Å². The third-order valence-corrected chi connectivity index (χ3v) is 8.91. The largest absolute Gasteiger partial charge is 0.507 e. The van der Waals surface area contributed by atoms with Gasteiger partial charge in [0.15, 0.2) is 4.34 Å². The Labute approximate surface area is 245 Å². The summed E-state index contributed by atoms with van der Waals surface area (Å²) in [6.07, 6.45) is 0. The Bertz CT molecular complexity index is 1780. The van der Waals surface area contributed by atoms with Crippen molar-refractivity contribution in [3.05, 3.63) is 119 Å². The van der Waals surface area contributed by atoms with E-state index in [-0.39, 0.29) is 16.5 Å². The molecular formula is C32H25N3O4S2. The molecule has 1 saturated heterocycles. The Hall–Kier alpha value is -4.47. The van der Waals surface area contributed by atoms with E-state index in [0.29, 0.717) is 33.6 Å². The number of Topliss-reactive ketones (excluding diaryl/α,β-unsaturated/α-hetero) is 1. The number of aliphatic hydroxyl groups is 1. The molecule has 5 aromatic rings. The normalized spacial score (nSPS) is 16.4. The van der Waals surface area contributed by atoms with E-state index in [0.717, 1.165) is 0 Å². The summed E-state index contributed by atoms with van der Waals surface area (Å²) >= 11 is 2.76. The highest BCUT2D eigenvalue weighted by Gasteiger charge is 2.48. The average Bonchev–Trinajstić information content (AvgIpc) is 3.58. The van der Waals surface area contributed by atoms with Gasteiger partial charge in [-0.25, -0.2) is 0 Å². The Morgan fingerprint density at radius 2 is 1.71 bits per heavy atom. The van der Waals surface area contributed by atoms with Crippen LogP contribution in [0.3, 0.4) is 0 Å². The minimum absolute atomic E-state index is 0.00462. The van der Waals surface area contributed by atoms with Gasteiger partial charge in [-0.2, -0.15) is 0 Å². The van der Waals surface area contributed by atoms with Crippen molar-refractivity contribution >= 4 is 56.5 Å². The van der Waals surface area contributed by atoms with Gasteiger partial charge >= 0.3 is 5.91 Å². The van der Waals surface area contributed by atoms with Crippen molar-refractivity contribution in [1.82, 2.24) is 10.2 Å². The zero-order valence-corrected chi connectivity index (χ0v) is 23.7. The number of nitrogens with zero attached hydrogens (tertiary/aromatic N) is 3. The van der Waals surface area contributed by atoms with Gasteiger partial charge in [0, 0.05) is 11.3 Å². The number of aromatic nitrogens is 2. The van der Waals surface area contributed by atoms with Crippen LogP contribution in [0.1, 0.15) is 29.7 Å². The molecule has 9 heteroatoms. The third-order valence-electron chi connectivity index (χ3n) is 6.81. The quantitative estimate of drug-likeness (QED) is 0.0695. The lowest BCUT2D eigenvalue weighted by Crippen LogP contribution is -2.29. The number of amides is 1. The van der Waals surface area contributed by atoms with Crippen molar-refractivity contribution < 1.29 is 19.4 Å². The molecule has 2 heterocycles. The number of benzene rings is 4. The van der Waals surface area contributed by atoms with E-state index in [1.807, 2.05) is 43.3 Å². The Morgan fingerprint density at radius 3 is 2.54 bits per heavy atom. The second kappa shape index (κ2) is 11.6. The van der Waals surface area contributed by atoms with Crippen molar-refractivity contribution in [2.75, 3.05) is 11.5 Å². The van der Waals surface area contributed by atoms with Crippen LogP contribution in [0.25, 0.3) is 16.5 Å². The fourth-order valence-corrected chi connectivity index (χ4v) is 6.83. The maximum atomic E-state index is 13.5. The molecular weight excluding hydrogens is 555 g/mol. The van der Waals surface area contributed by atoms with Crippen LogP contribution in [0, 0.1) is 0 Å². The fourth-order valence-electron chi connectivity index (χ4n) is 4.95. The molecule has 0 radical (unpaired) electrons. The summed E-state index contributed by atoms with van der Waals surface area (Å²) in [6, 6.07) is 29.5. The van der Waals surface area contributed by atoms with Gasteiger partial charge in [-0.1, -0.05) is 108 Å². The molecule has 1 amide bonds. The first-order chi connectivity index (χ1) is 20.0. The van der Waals surface area contributed by atoms with Crippen LogP contribution in [0.15, 0.2) is 107 Å². The topological polar surface area (TPSA) is 92.6 Å². The number of carbonyl (C=O) groups excluding carboxylic acids is 2. The summed E-state index contributed by atoms with van der Waals surface area (Å²) in [5.41, 5.74) is 2.23. The molecule has 0 saturated carbocycles. The minimum atomic E-state index is -0.903. The summed E-state index contributed by atoms with van der Waals surface area (Å²) in [7, 11) is 0. The van der Waals surface area contributed by atoms with E-state index in [1.54, 1.807) is 36.4 Å². The van der Waals surface area contributed by atoms with E-state index in [2.05, 4.69) is 34.5 Å². The maximum absolute atomic E-state index is 13.5. The predicted molar refractivity (Wildman–Crippen MR) is 162 cm³/mol. The van der Waals surface area contributed by atoms with Crippen molar-refractivity contribution in [3.63, 3.8) is 0 Å². The summed E-state index contributed by atoms with van der Waals surface area (Å²) in [6.45, 7) is 2.34. The van der Waals surface area contributed by atoms with Gasteiger partial charge in [0.25, 0.3) is 5.78 Å². The van der Waals surface area contributed by atoms with Crippen LogP contribution in [0.2, 0.25) is 0 Å². The van der Waals surface area contributed by atoms with Crippen LogP contribution in [0.4, 0.5) is 5.13 Å². The average molecular weight is 580 g/mol. The maximum Gasteiger partial charge on any atom is 0.301 e. The SMILES string of the molecule is CCOc1cccc(C2C(=C(O)c3ccccc3)C(=O)C(=O)N2c2nnc(SCc3cccc4ccccc34)s2)c1. The number of thioether (sulfide) groups is 1. The first-order valence-corrected chi connectivity index (χ1v) is 14.9. The fraction of sp³-hybridized carbons (Fsp3) is 0.125. The molecule has 1 atom stereocenters. The molecule has 204 valence electrons. The van der Waals surface area contributed by atoms with Crippen LogP contribution in [-0.2, 0) is 15.3 Å². The zero-order chi connectivity index (χ0) is 28.3. The van der Waals surface area contributed by atoms with E-state index in [4.69, 9.17) is 4.74 Å². The highest BCUT2D eigenvalue weighted by atomic mass is 32.2. The lowest BCUT2D eigenvalue weighted by atomic mass is 9.95. The van der Waals surface area contributed by atoms with E-state index >= 15 is 0 Å². The van der Waals surface area contributed by atoms with Crippen molar-refractivity contribution in [1.29, 1.82) is 0 Å². The monoisotopic (exact) mass is 579 g/mol. The number of ketones is 1. The number of anilines is 1. The smallest absolute Gasteiger partial charge is 0.301 e. The standard InChI is InChI=1S/C32H25N3O4S2/c1-2-39-24-16-9-14-22(18-24)27-26(28(36)21-11-4-3-5-12-21)29(37)30(38)35(27)31-33-34-32(41-31)40-19-23-15-8-13-20-10-6-7-17-25(20)23/h3-18,27,36H,2,19H2,1H3. The second-order valence-electron chi connectivity index (χ2n) is 9.32. The molecule has 0 spiro atoms. The van der Waals surface area contributed by atoms with Crippen LogP contribution < -0.4 is 9.64 Å². The third kappa shape index (κ3) is 5.21. The summed E-state index contributed by atoms with van der Waals surface area (Å²) in [4.78, 5) is 28.3. The molecule has 4 aromatic carbocycles. The summed E-state index contributed by atoms with van der Waals surface area (Å²) in [5.74, 6) is -0.524. The Balaban J connectivity index is 1.37. The molecule has 6 rings (SSSR count). The van der Waals surface area contributed by atoms with Gasteiger partial charge in [-0.3, -0.25) is 14.5 Å². The van der Waals surface area contributed by atoms with Crippen LogP contribution >= 0.6 is 23.1 Å². The van der Waals surface area contributed by atoms with Crippen molar-refractivity contribution in [2.45, 2.75) is 23.1 Å². The van der Waals surface area contributed by atoms with E-state index in [1.165, 1.54) is 44.3 Å². The molecule has 1 aromatic heterocycles. The number of fused-ring (bicyclic) bond motifs is 1. The van der Waals surface area contributed by atoms with Gasteiger partial charge in [0.1, 0.15) is 11.5 Å².